The molecule has 11 nitrogen and oxygen atoms in total. The van der Waals surface area contributed by atoms with E-state index in [1.807, 2.05) is 4.98 Å². The molecule has 1 fully saturated rings. The Balaban J connectivity index is 0.00000242. The molecule has 1 aliphatic heterocycles. The normalized spacial score (nSPS) is 27.1. The molecule has 0 saturated carbocycles. The molecule has 1 saturated heterocycles. The topological polar surface area (TPSA) is 177 Å². The number of aliphatic hydroxyl groups is 2. The van der Waals surface area contributed by atoms with Crippen molar-refractivity contribution in [3.05, 3.63) is 33.1 Å². The third-order valence-electron chi connectivity index (χ3n) is 2.86. The van der Waals surface area contributed by atoms with Gasteiger partial charge in [0.1, 0.15) is 18.3 Å². The number of ether oxygens (including phenoxy) is 1. The van der Waals surface area contributed by atoms with Gasteiger partial charge in [-0.1, -0.05) is 0 Å². The van der Waals surface area contributed by atoms with Crippen LogP contribution in [-0.4, -0.2) is 44.7 Å². The van der Waals surface area contributed by atoms with Crippen molar-refractivity contribution in [2.75, 3.05) is 6.61 Å². The Morgan fingerprint density at radius 3 is 2.43 bits per heavy atom. The SMILES string of the molecule is O=c1ccn([C@@H]2O[C@H](COP(=O)([O-])[O-])[C@H](O)[C@H]2O)c(=O)[nH]1.[Na+].[Na+]. The molecule has 0 aromatic carbocycles. The molecule has 1 aromatic rings. The van der Waals surface area contributed by atoms with Gasteiger partial charge in [-0.05, 0) is 0 Å². The van der Waals surface area contributed by atoms with Gasteiger partial charge in [0.25, 0.3) is 5.56 Å². The molecule has 0 spiro atoms. The van der Waals surface area contributed by atoms with Gasteiger partial charge >= 0.3 is 64.8 Å². The average molecular weight is 368 g/mol. The summed E-state index contributed by atoms with van der Waals surface area (Å²) in [7, 11) is -5.26. The Morgan fingerprint density at radius 1 is 1.30 bits per heavy atom. The number of hydrogen-bond donors (Lipinski definition) is 3. The summed E-state index contributed by atoms with van der Waals surface area (Å²) in [6.07, 6.45) is -4.83. The first-order valence-electron chi connectivity index (χ1n) is 5.69. The third-order valence-corrected chi connectivity index (χ3v) is 3.32. The summed E-state index contributed by atoms with van der Waals surface area (Å²) < 4.78 is 20.3. The summed E-state index contributed by atoms with van der Waals surface area (Å²) >= 11 is 0. The Morgan fingerprint density at radius 2 is 1.91 bits per heavy atom. The van der Waals surface area contributed by atoms with Crippen LogP contribution in [0.15, 0.2) is 21.9 Å². The number of hydrogen-bond acceptors (Lipinski definition) is 9. The van der Waals surface area contributed by atoms with E-state index < -0.39 is 50.2 Å². The number of phosphoric acid groups is 1. The van der Waals surface area contributed by atoms with E-state index in [0.29, 0.717) is 0 Å². The van der Waals surface area contributed by atoms with Crippen molar-refractivity contribution in [2.45, 2.75) is 24.5 Å². The fourth-order valence-corrected chi connectivity index (χ4v) is 2.22. The number of phosphoric ester groups is 1. The second-order valence-electron chi connectivity index (χ2n) is 4.31. The molecule has 0 amide bonds. The second kappa shape index (κ2) is 9.39. The summed E-state index contributed by atoms with van der Waals surface area (Å²) in [6, 6.07) is 0.997. The van der Waals surface area contributed by atoms with Crippen LogP contribution in [-0.2, 0) is 13.8 Å². The molecular formula is C9H11N2Na2O9P. The minimum Gasteiger partial charge on any atom is -0.790 e. The zero-order chi connectivity index (χ0) is 15.8. The molecule has 1 aliphatic rings. The molecule has 4 atom stereocenters. The first kappa shape index (κ1) is 23.7. The minimum atomic E-state index is -5.26. The summed E-state index contributed by atoms with van der Waals surface area (Å²) in [6.45, 7) is -0.808. The third kappa shape index (κ3) is 6.15. The van der Waals surface area contributed by atoms with Gasteiger partial charge in [0.15, 0.2) is 6.23 Å². The predicted octanol–water partition coefficient (Wildman–Crippen LogP) is -9.99. The van der Waals surface area contributed by atoms with Crippen molar-refractivity contribution in [3.63, 3.8) is 0 Å². The molecule has 0 unspecified atom stereocenters. The Kier molecular flexibility index (Phi) is 9.66. The van der Waals surface area contributed by atoms with E-state index in [4.69, 9.17) is 4.74 Å². The van der Waals surface area contributed by atoms with Gasteiger partial charge in [0.2, 0.25) is 0 Å². The Hall–Kier alpha value is 0.670. The molecule has 2 heterocycles. The zero-order valence-electron chi connectivity index (χ0n) is 12.3. The Labute approximate surface area is 173 Å². The second-order valence-corrected chi connectivity index (χ2v) is 5.46. The maximum Gasteiger partial charge on any atom is 1.00 e. The fraction of sp³-hybridized carbons (Fsp3) is 0.556. The molecule has 14 heteroatoms. The average Bonchev–Trinajstić information content (AvgIpc) is 2.64. The van der Waals surface area contributed by atoms with E-state index in [1.165, 1.54) is 0 Å². The van der Waals surface area contributed by atoms with Crippen LogP contribution in [0.25, 0.3) is 0 Å². The van der Waals surface area contributed by atoms with Crippen molar-refractivity contribution in [1.29, 1.82) is 0 Å². The number of aromatic nitrogens is 2. The molecule has 118 valence electrons. The number of nitrogens with zero attached hydrogens (tertiary/aromatic N) is 1. The van der Waals surface area contributed by atoms with Gasteiger partial charge in [-0.3, -0.25) is 14.3 Å². The number of rotatable bonds is 4. The van der Waals surface area contributed by atoms with Crippen molar-refractivity contribution in [3.8, 4) is 0 Å². The van der Waals surface area contributed by atoms with E-state index >= 15 is 0 Å². The number of aliphatic hydroxyl groups excluding tert-OH is 2. The van der Waals surface area contributed by atoms with Gasteiger partial charge in [-0.25, -0.2) is 4.79 Å². The van der Waals surface area contributed by atoms with Crippen LogP contribution in [0.1, 0.15) is 6.23 Å². The van der Waals surface area contributed by atoms with Gasteiger partial charge in [-0.2, -0.15) is 0 Å². The molecular weight excluding hydrogens is 357 g/mol. The van der Waals surface area contributed by atoms with Gasteiger partial charge in [-0.15, -0.1) is 0 Å². The van der Waals surface area contributed by atoms with E-state index in [1.54, 1.807) is 0 Å². The molecule has 23 heavy (non-hydrogen) atoms. The minimum absolute atomic E-state index is 0. The molecule has 2 rings (SSSR count). The summed E-state index contributed by atoms with van der Waals surface area (Å²) in [4.78, 5) is 45.2. The molecule has 0 bridgehead atoms. The smallest absolute Gasteiger partial charge is 0.790 e. The molecule has 1 aromatic heterocycles. The largest absolute Gasteiger partial charge is 1.00 e. The van der Waals surface area contributed by atoms with Crippen LogP contribution >= 0.6 is 7.82 Å². The molecule has 0 radical (unpaired) electrons. The van der Waals surface area contributed by atoms with E-state index in [0.717, 1.165) is 16.8 Å². The standard InChI is InChI=1S/C9H13N2O9P.2Na/c12-5-1-2-11(9(15)10-5)8-7(14)6(13)4(20-8)3-19-21(16,17)18;;/h1-2,4,6-8,13-14H,3H2,(H,10,12,15)(H2,16,17,18);;/q;2*+1/p-2/t4-,6+,7-,8-;;/m1../s1. The monoisotopic (exact) mass is 368 g/mol. The van der Waals surface area contributed by atoms with E-state index in [2.05, 4.69) is 4.52 Å². The fourth-order valence-electron chi connectivity index (χ4n) is 1.89. The van der Waals surface area contributed by atoms with Crippen LogP contribution in [0.3, 0.4) is 0 Å². The summed E-state index contributed by atoms with van der Waals surface area (Å²) in [5.74, 6) is 0. The summed E-state index contributed by atoms with van der Waals surface area (Å²) in [5, 5.41) is 19.5. The molecule has 0 aliphatic carbocycles. The van der Waals surface area contributed by atoms with Crippen LogP contribution in [0, 0.1) is 0 Å². The number of nitrogens with one attached hydrogen (secondary N) is 1. The maximum absolute atomic E-state index is 11.6. The van der Waals surface area contributed by atoms with Crippen LogP contribution in [0.2, 0.25) is 0 Å². The van der Waals surface area contributed by atoms with Gasteiger partial charge < -0.3 is 33.8 Å². The first-order valence-corrected chi connectivity index (χ1v) is 7.15. The van der Waals surface area contributed by atoms with Crippen LogP contribution < -0.4 is 80.2 Å². The summed E-state index contributed by atoms with van der Waals surface area (Å²) in [5.41, 5.74) is -1.55. The van der Waals surface area contributed by atoms with Crippen LogP contribution in [0.5, 0.6) is 0 Å². The predicted molar refractivity (Wildman–Crippen MR) is 60.8 cm³/mol. The van der Waals surface area contributed by atoms with Gasteiger partial charge in [0.05, 0.1) is 14.4 Å². The van der Waals surface area contributed by atoms with Crippen molar-refractivity contribution < 1.29 is 92.9 Å². The molecule has 3 N–H and O–H groups in total. The Bertz CT molecular complexity index is 673. The van der Waals surface area contributed by atoms with Gasteiger partial charge in [0, 0.05) is 12.3 Å². The maximum atomic E-state index is 11.6. The zero-order valence-corrected chi connectivity index (χ0v) is 17.2. The van der Waals surface area contributed by atoms with Crippen molar-refractivity contribution in [2.24, 2.45) is 0 Å². The van der Waals surface area contributed by atoms with E-state index in [9.17, 15) is 34.2 Å². The first-order chi connectivity index (χ1) is 9.69. The van der Waals surface area contributed by atoms with Crippen LogP contribution in [0.4, 0.5) is 0 Å². The quantitative estimate of drug-likeness (QED) is 0.344. The number of aromatic amines is 1. The number of H-pyrrole nitrogens is 1. The van der Waals surface area contributed by atoms with Crippen molar-refractivity contribution >= 4 is 7.82 Å². The van der Waals surface area contributed by atoms with E-state index in [-0.39, 0.29) is 59.1 Å². The van der Waals surface area contributed by atoms with Crippen molar-refractivity contribution in [1.82, 2.24) is 9.55 Å².